The van der Waals surface area contributed by atoms with Gasteiger partial charge in [-0.05, 0) is 37.5 Å². The molecule has 1 N–H and O–H groups in total. The van der Waals surface area contributed by atoms with E-state index in [-0.39, 0.29) is 11.9 Å². The summed E-state index contributed by atoms with van der Waals surface area (Å²) in [5.41, 5.74) is 1.35. The van der Waals surface area contributed by atoms with E-state index in [1.165, 1.54) is 36.9 Å². The first-order chi connectivity index (χ1) is 14.5. The number of esters is 1. The van der Waals surface area contributed by atoms with Crippen molar-refractivity contribution in [1.82, 2.24) is 9.97 Å². The molecule has 0 spiro atoms. The zero-order valence-electron chi connectivity index (χ0n) is 17.6. The molecule has 1 aromatic carbocycles. The molecule has 0 bridgehead atoms. The van der Waals surface area contributed by atoms with Gasteiger partial charge < -0.3 is 14.8 Å². The summed E-state index contributed by atoms with van der Waals surface area (Å²) in [6, 6.07) is 4.40. The monoisotopic (exact) mass is 431 g/mol. The zero-order valence-corrected chi connectivity index (χ0v) is 18.4. The fraction of sp³-hybridized carbons (Fsp3) is 0.409. The molecule has 0 saturated carbocycles. The minimum absolute atomic E-state index is 0.0154. The molecule has 30 heavy (non-hydrogen) atoms. The van der Waals surface area contributed by atoms with Gasteiger partial charge in [-0.15, -0.1) is 11.3 Å². The molecule has 0 aliphatic heterocycles. The van der Waals surface area contributed by atoms with Crippen molar-refractivity contribution in [2.75, 3.05) is 12.4 Å². The van der Waals surface area contributed by atoms with E-state index >= 15 is 0 Å². The van der Waals surface area contributed by atoms with Crippen molar-refractivity contribution in [3.8, 4) is 5.75 Å². The highest BCUT2D eigenvalue weighted by molar-refractivity contribution is 7.20. The molecule has 2 aromatic heterocycles. The second-order valence-corrected chi connectivity index (χ2v) is 8.03. The molecule has 0 aliphatic rings. The number of fused-ring (bicyclic) bond motifs is 1. The number of aromatic nitrogens is 2. The number of carbonyl (C=O) groups excluding carboxylic acids is 1. The first-order valence-electron chi connectivity index (χ1n) is 10.0. The van der Waals surface area contributed by atoms with Gasteiger partial charge in [0, 0.05) is 6.07 Å². The topological polar surface area (TPSA) is 73.3 Å². The third-order valence-corrected chi connectivity index (χ3v) is 5.99. The fourth-order valence-corrected chi connectivity index (χ4v) is 4.43. The molecule has 0 amide bonds. The number of methoxy groups -OCH3 is 1. The Bertz CT molecular complexity index is 1030. The van der Waals surface area contributed by atoms with Crippen LogP contribution in [0.1, 0.15) is 54.8 Å². The third-order valence-electron chi connectivity index (χ3n) is 4.81. The average Bonchev–Trinajstić information content (AvgIpc) is 3.07. The van der Waals surface area contributed by atoms with Gasteiger partial charge in [-0.3, -0.25) is 0 Å². The number of thiophene rings is 1. The number of nitrogens with zero attached hydrogens (tertiary/aromatic N) is 2. The summed E-state index contributed by atoms with van der Waals surface area (Å²) < 4.78 is 25.0. The van der Waals surface area contributed by atoms with Crippen LogP contribution < -0.4 is 10.1 Å². The Balaban J connectivity index is 1.99. The smallest absolute Gasteiger partial charge is 0.348 e. The van der Waals surface area contributed by atoms with Gasteiger partial charge >= 0.3 is 5.97 Å². The molecule has 0 saturated heterocycles. The summed E-state index contributed by atoms with van der Waals surface area (Å²) in [7, 11) is 1.35. The van der Waals surface area contributed by atoms with Crippen molar-refractivity contribution in [3.63, 3.8) is 0 Å². The second kappa shape index (κ2) is 9.84. The van der Waals surface area contributed by atoms with Crippen molar-refractivity contribution >= 4 is 39.0 Å². The number of hydrogen-bond donors (Lipinski definition) is 1. The molecule has 0 aliphatic carbocycles. The number of halogens is 1. The summed E-state index contributed by atoms with van der Waals surface area (Å²) in [5, 5.41) is 3.99. The largest absolute Gasteiger partial charge is 0.488 e. The summed E-state index contributed by atoms with van der Waals surface area (Å²) in [6.45, 7) is 6.04. The highest BCUT2D eigenvalue weighted by Crippen LogP contribution is 2.37. The fourth-order valence-electron chi connectivity index (χ4n) is 3.36. The van der Waals surface area contributed by atoms with Gasteiger partial charge in [-0.2, -0.15) is 0 Å². The van der Waals surface area contributed by atoms with E-state index in [2.05, 4.69) is 29.1 Å². The van der Waals surface area contributed by atoms with Gasteiger partial charge in [0.15, 0.2) is 0 Å². The van der Waals surface area contributed by atoms with Gasteiger partial charge in [0.05, 0.1) is 24.3 Å². The quantitative estimate of drug-likeness (QED) is 0.418. The summed E-state index contributed by atoms with van der Waals surface area (Å²) in [5.74, 6) is 0.196. The maximum Gasteiger partial charge on any atom is 0.348 e. The average molecular weight is 432 g/mol. The van der Waals surface area contributed by atoms with E-state index in [0.717, 1.165) is 36.6 Å². The van der Waals surface area contributed by atoms with E-state index < -0.39 is 5.97 Å². The molecule has 0 unspecified atom stereocenters. The Morgan fingerprint density at radius 1 is 1.23 bits per heavy atom. The molecular formula is C22H26FN3O3S. The lowest BCUT2D eigenvalue weighted by molar-refractivity contribution is 0.0605. The van der Waals surface area contributed by atoms with E-state index in [4.69, 9.17) is 9.47 Å². The van der Waals surface area contributed by atoms with Crippen LogP contribution in [0.4, 0.5) is 15.9 Å². The van der Waals surface area contributed by atoms with Gasteiger partial charge in [-0.25, -0.2) is 19.2 Å². The first-order valence-corrected chi connectivity index (χ1v) is 10.9. The maximum atomic E-state index is 14.0. The van der Waals surface area contributed by atoms with Crippen molar-refractivity contribution in [2.24, 2.45) is 0 Å². The molecule has 6 nitrogen and oxygen atoms in total. The maximum absolute atomic E-state index is 14.0. The lowest BCUT2D eigenvalue weighted by Gasteiger charge is -2.21. The molecule has 0 fully saturated rings. The van der Waals surface area contributed by atoms with Crippen molar-refractivity contribution < 1.29 is 18.7 Å². The molecule has 3 aromatic rings. The normalized spacial score (nSPS) is 11.1. The standard InChI is InChI=1S/C22H26FN3O3S/c1-5-7-15(8-6-2)29-17-11-14(23)9-10-16(17)26-20-18-13(3)19(22(27)28-4)30-21(18)25-12-24-20/h9-12,15H,5-8H2,1-4H3,(H,24,25,26). The van der Waals surface area contributed by atoms with Crippen molar-refractivity contribution in [1.29, 1.82) is 0 Å². The van der Waals surface area contributed by atoms with Crippen molar-refractivity contribution in [3.05, 3.63) is 40.8 Å². The summed E-state index contributed by atoms with van der Waals surface area (Å²) >= 11 is 1.25. The van der Waals surface area contributed by atoms with Crippen molar-refractivity contribution in [2.45, 2.75) is 52.6 Å². The van der Waals surface area contributed by atoms with Gasteiger partial charge in [0.2, 0.25) is 0 Å². The highest BCUT2D eigenvalue weighted by Gasteiger charge is 2.21. The van der Waals surface area contributed by atoms with Crippen LogP contribution in [0.3, 0.4) is 0 Å². The first kappa shape index (κ1) is 22.0. The van der Waals surface area contributed by atoms with Crippen LogP contribution in [0.15, 0.2) is 24.5 Å². The number of benzene rings is 1. The minimum Gasteiger partial charge on any atom is -0.488 e. The van der Waals surface area contributed by atoms with E-state index in [0.29, 0.717) is 27.0 Å². The van der Waals surface area contributed by atoms with Crippen LogP contribution in [0.2, 0.25) is 0 Å². The molecule has 2 heterocycles. The number of ether oxygens (including phenoxy) is 2. The van der Waals surface area contributed by atoms with E-state index in [1.807, 2.05) is 6.92 Å². The lowest BCUT2D eigenvalue weighted by atomic mass is 10.1. The van der Waals surface area contributed by atoms with Crippen LogP contribution in [0.25, 0.3) is 10.2 Å². The number of carbonyl (C=O) groups is 1. The third kappa shape index (κ3) is 4.70. The van der Waals surface area contributed by atoms with Gasteiger partial charge in [-0.1, -0.05) is 26.7 Å². The van der Waals surface area contributed by atoms with Gasteiger partial charge in [0.1, 0.15) is 33.4 Å². The van der Waals surface area contributed by atoms with Gasteiger partial charge in [0.25, 0.3) is 0 Å². The highest BCUT2D eigenvalue weighted by atomic mass is 32.1. The Labute approximate surface area is 179 Å². The number of hydrogen-bond acceptors (Lipinski definition) is 7. The molecule has 0 atom stereocenters. The predicted molar refractivity (Wildman–Crippen MR) is 117 cm³/mol. The summed E-state index contributed by atoms with van der Waals surface area (Å²) in [6.07, 6.45) is 5.21. The molecule has 160 valence electrons. The SMILES string of the molecule is CCCC(CCC)Oc1cc(F)ccc1Nc1ncnc2sc(C(=O)OC)c(C)c12. The van der Waals surface area contributed by atoms with E-state index in [1.54, 1.807) is 6.07 Å². The Kier molecular flexibility index (Phi) is 7.20. The lowest BCUT2D eigenvalue weighted by Crippen LogP contribution is -2.16. The Morgan fingerprint density at radius 2 is 1.97 bits per heavy atom. The zero-order chi connectivity index (χ0) is 21.7. The van der Waals surface area contributed by atoms with Crippen LogP contribution in [0.5, 0.6) is 5.75 Å². The predicted octanol–water partition coefficient (Wildman–Crippen LogP) is 6.02. The number of aryl methyl sites for hydroxylation is 1. The molecular weight excluding hydrogens is 405 g/mol. The van der Waals surface area contributed by atoms with E-state index in [9.17, 15) is 9.18 Å². The van der Waals surface area contributed by atoms with Crippen LogP contribution >= 0.6 is 11.3 Å². The van der Waals surface area contributed by atoms with Crippen LogP contribution in [0, 0.1) is 12.7 Å². The summed E-state index contributed by atoms with van der Waals surface area (Å²) in [4.78, 5) is 21.9. The molecule has 0 radical (unpaired) electrons. The van der Waals surface area contributed by atoms with Crippen LogP contribution in [-0.2, 0) is 4.74 Å². The minimum atomic E-state index is -0.408. The Hall–Kier alpha value is -2.74. The molecule has 3 rings (SSSR count). The van der Waals surface area contributed by atoms with Crippen LogP contribution in [-0.4, -0.2) is 29.2 Å². The second-order valence-electron chi connectivity index (χ2n) is 7.03. The Morgan fingerprint density at radius 3 is 2.63 bits per heavy atom. The number of anilines is 2. The number of rotatable bonds is 9. The number of nitrogens with one attached hydrogen (secondary N) is 1. The molecule has 8 heteroatoms.